The zero-order valence-electron chi connectivity index (χ0n) is 12.3. The number of halogens is 1. The molecule has 0 aromatic heterocycles. The Balaban J connectivity index is 2.45. The molecule has 1 fully saturated rings. The lowest BCUT2D eigenvalue weighted by Crippen LogP contribution is -2.51. The fourth-order valence-corrected chi connectivity index (χ4v) is 5.41. The smallest absolute Gasteiger partial charge is 0.244 e. The minimum Gasteiger partial charge on any atom is -0.497 e. The zero-order chi connectivity index (χ0) is 15.6. The predicted molar refractivity (Wildman–Crippen MR) is 85.9 cm³/mol. The first-order valence-electron chi connectivity index (χ1n) is 6.99. The average molecular weight is 377 g/mol. The van der Waals surface area contributed by atoms with Gasteiger partial charge in [-0.05, 0) is 47.8 Å². The quantitative estimate of drug-likeness (QED) is 0.874. The van der Waals surface area contributed by atoms with E-state index >= 15 is 0 Å². The second-order valence-electron chi connectivity index (χ2n) is 5.33. The maximum Gasteiger partial charge on any atom is 0.244 e. The number of nitrogens with two attached hydrogens (primary N) is 1. The molecule has 1 aromatic rings. The van der Waals surface area contributed by atoms with Crippen LogP contribution in [0.1, 0.15) is 26.2 Å². The van der Waals surface area contributed by atoms with Crippen LogP contribution in [-0.2, 0) is 10.0 Å². The van der Waals surface area contributed by atoms with Crippen molar-refractivity contribution in [3.8, 4) is 5.75 Å². The van der Waals surface area contributed by atoms with Crippen LogP contribution in [0.3, 0.4) is 0 Å². The molecule has 2 atom stereocenters. The van der Waals surface area contributed by atoms with Crippen LogP contribution < -0.4 is 10.5 Å². The van der Waals surface area contributed by atoms with Crippen LogP contribution >= 0.6 is 15.9 Å². The molecule has 5 nitrogen and oxygen atoms in total. The van der Waals surface area contributed by atoms with Gasteiger partial charge in [0.15, 0.2) is 0 Å². The number of hydrogen-bond donors (Lipinski definition) is 1. The summed E-state index contributed by atoms with van der Waals surface area (Å²) in [5.41, 5.74) is 5.98. The van der Waals surface area contributed by atoms with E-state index in [2.05, 4.69) is 15.9 Å². The molecule has 0 spiro atoms. The average Bonchev–Trinajstić information content (AvgIpc) is 2.47. The number of hydrogen-bond acceptors (Lipinski definition) is 4. The summed E-state index contributed by atoms with van der Waals surface area (Å²) >= 11 is 3.33. The molecule has 0 amide bonds. The molecule has 2 rings (SSSR count). The Bertz CT molecular complexity index is 604. The van der Waals surface area contributed by atoms with E-state index in [0.29, 0.717) is 16.8 Å². The van der Waals surface area contributed by atoms with E-state index in [9.17, 15) is 8.42 Å². The largest absolute Gasteiger partial charge is 0.497 e. The molecule has 0 unspecified atom stereocenters. The Labute approximate surface area is 134 Å². The summed E-state index contributed by atoms with van der Waals surface area (Å²) < 4.78 is 33.2. The number of methoxy groups -OCH3 is 1. The third-order valence-corrected chi connectivity index (χ3v) is 6.75. The Kier molecular flexibility index (Phi) is 5.29. The van der Waals surface area contributed by atoms with E-state index in [1.165, 1.54) is 7.11 Å². The number of sulfonamides is 1. The van der Waals surface area contributed by atoms with Gasteiger partial charge < -0.3 is 10.5 Å². The van der Waals surface area contributed by atoms with Crippen molar-refractivity contribution in [3.05, 3.63) is 22.7 Å². The highest BCUT2D eigenvalue weighted by atomic mass is 79.9. The molecular formula is C14H21BrN2O3S. The molecule has 1 heterocycles. The lowest BCUT2D eigenvalue weighted by atomic mass is 10.00. The fraction of sp³-hybridized carbons (Fsp3) is 0.571. The Morgan fingerprint density at radius 1 is 1.43 bits per heavy atom. The van der Waals surface area contributed by atoms with Crippen molar-refractivity contribution >= 4 is 26.0 Å². The highest BCUT2D eigenvalue weighted by Gasteiger charge is 2.36. The van der Waals surface area contributed by atoms with Gasteiger partial charge in [0.2, 0.25) is 10.0 Å². The summed E-state index contributed by atoms with van der Waals surface area (Å²) in [4.78, 5) is 0.231. The first kappa shape index (κ1) is 16.7. The van der Waals surface area contributed by atoms with Crippen molar-refractivity contribution in [1.29, 1.82) is 0 Å². The van der Waals surface area contributed by atoms with Gasteiger partial charge in [-0.25, -0.2) is 8.42 Å². The predicted octanol–water partition coefficient (Wildman–Crippen LogP) is 2.35. The maximum absolute atomic E-state index is 13.0. The number of nitrogens with zero attached hydrogens (tertiary/aromatic N) is 1. The monoisotopic (exact) mass is 376 g/mol. The van der Waals surface area contributed by atoms with Gasteiger partial charge in [0.05, 0.1) is 7.11 Å². The van der Waals surface area contributed by atoms with Crippen molar-refractivity contribution in [3.63, 3.8) is 0 Å². The standard InChI is InChI=1S/C14H21BrN2O3S/c1-10(16)13-5-3-4-8-17(13)21(18,19)14-9-11(20-2)6-7-12(14)15/h6-7,9-10,13H,3-5,8,16H2,1-2H3/t10-,13-/m0/s1. The van der Waals surface area contributed by atoms with Crippen LogP contribution in [0.5, 0.6) is 5.75 Å². The number of ether oxygens (including phenoxy) is 1. The number of rotatable bonds is 4. The molecular weight excluding hydrogens is 356 g/mol. The van der Waals surface area contributed by atoms with E-state index < -0.39 is 10.0 Å². The molecule has 0 radical (unpaired) electrons. The van der Waals surface area contributed by atoms with Crippen molar-refractivity contribution in [1.82, 2.24) is 4.31 Å². The van der Waals surface area contributed by atoms with Crippen LogP contribution in [0.15, 0.2) is 27.6 Å². The molecule has 0 bridgehead atoms. The van der Waals surface area contributed by atoms with Crippen LogP contribution in [-0.4, -0.2) is 38.5 Å². The Hall–Kier alpha value is -0.630. The molecule has 21 heavy (non-hydrogen) atoms. The Morgan fingerprint density at radius 3 is 2.76 bits per heavy atom. The molecule has 1 saturated heterocycles. The maximum atomic E-state index is 13.0. The fourth-order valence-electron chi connectivity index (χ4n) is 2.69. The molecule has 1 aliphatic heterocycles. The van der Waals surface area contributed by atoms with Crippen molar-refractivity contribution in [2.75, 3.05) is 13.7 Å². The summed E-state index contributed by atoms with van der Waals surface area (Å²) in [6.07, 6.45) is 2.68. The summed E-state index contributed by atoms with van der Waals surface area (Å²) in [6, 6.07) is 4.62. The number of benzene rings is 1. The highest BCUT2D eigenvalue weighted by molar-refractivity contribution is 9.10. The molecule has 1 aliphatic rings. The Morgan fingerprint density at radius 2 is 2.14 bits per heavy atom. The minimum absolute atomic E-state index is 0.151. The van der Waals surface area contributed by atoms with E-state index in [1.54, 1.807) is 22.5 Å². The summed E-state index contributed by atoms with van der Waals surface area (Å²) in [5.74, 6) is 0.520. The third kappa shape index (κ3) is 3.41. The molecule has 118 valence electrons. The van der Waals surface area contributed by atoms with Gasteiger partial charge in [-0.15, -0.1) is 0 Å². The lowest BCUT2D eigenvalue weighted by molar-refractivity contribution is 0.227. The molecule has 7 heteroatoms. The molecule has 2 N–H and O–H groups in total. The summed E-state index contributed by atoms with van der Waals surface area (Å²) in [6.45, 7) is 2.37. The highest BCUT2D eigenvalue weighted by Crippen LogP contribution is 2.32. The zero-order valence-corrected chi connectivity index (χ0v) is 14.7. The van der Waals surface area contributed by atoms with Gasteiger partial charge in [-0.1, -0.05) is 6.42 Å². The summed E-state index contributed by atoms with van der Waals surface area (Å²) in [5, 5.41) is 0. The second-order valence-corrected chi connectivity index (χ2v) is 8.05. The first-order chi connectivity index (χ1) is 9.87. The minimum atomic E-state index is -3.59. The normalized spacial score (nSPS) is 22.0. The van der Waals surface area contributed by atoms with Crippen LogP contribution in [0.2, 0.25) is 0 Å². The van der Waals surface area contributed by atoms with Crippen molar-refractivity contribution in [2.45, 2.75) is 43.2 Å². The van der Waals surface area contributed by atoms with Gasteiger partial charge in [-0.3, -0.25) is 0 Å². The topological polar surface area (TPSA) is 72.6 Å². The van der Waals surface area contributed by atoms with Crippen molar-refractivity contribution in [2.24, 2.45) is 5.73 Å². The van der Waals surface area contributed by atoms with E-state index in [0.717, 1.165) is 19.3 Å². The second kappa shape index (κ2) is 6.64. The van der Waals surface area contributed by atoms with Gasteiger partial charge in [0.1, 0.15) is 10.6 Å². The van der Waals surface area contributed by atoms with Gasteiger partial charge in [0, 0.05) is 29.2 Å². The molecule has 1 aromatic carbocycles. The van der Waals surface area contributed by atoms with E-state index in [1.807, 2.05) is 6.92 Å². The van der Waals surface area contributed by atoms with Gasteiger partial charge in [-0.2, -0.15) is 4.31 Å². The van der Waals surface area contributed by atoms with Crippen LogP contribution in [0.25, 0.3) is 0 Å². The lowest BCUT2D eigenvalue weighted by Gasteiger charge is -2.37. The van der Waals surface area contributed by atoms with E-state index in [-0.39, 0.29) is 17.0 Å². The van der Waals surface area contributed by atoms with Crippen LogP contribution in [0, 0.1) is 0 Å². The summed E-state index contributed by atoms with van der Waals surface area (Å²) in [7, 11) is -2.07. The van der Waals surface area contributed by atoms with Crippen molar-refractivity contribution < 1.29 is 13.2 Å². The molecule has 0 saturated carbocycles. The number of piperidine rings is 1. The first-order valence-corrected chi connectivity index (χ1v) is 9.22. The van der Waals surface area contributed by atoms with Gasteiger partial charge in [0.25, 0.3) is 0 Å². The molecule has 0 aliphatic carbocycles. The SMILES string of the molecule is COc1ccc(Br)c(S(=O)(=O)N2CCCC[C@H]2[C@H](C)N)c1. The third-order valence-electron chi connectivity index (χ3n) is 3.83. The van der Waals surface area contributed by atoms with Crippen LogP contribution in [0.4, 0.5) is 0 Å². The van der Waals surface area contributed by atoms with Gasteiger partial charge >= 0.3 is 0 Å². The van der Waals surface area contributed by atoms with E-state index in [4.69, 9.17) is 10.5 Å².